The van der Waals surface area contributed by atoms with Crippen molar-refractivity contribution in [3.63, 3.8) is 0 Å². The van der Waals surface area contributed by atoms with Crippen LogP contribution in [0.2, 0.25) is 0 Å². The molecule has 1 aromatic rings. The number of non-ortho nitro benzene ring substituents is 1. The molecule has 0 fully saturated rings. The molecule has 0 spiro atoms. The summed E-state index contributed by atoms with van der Waals surface area (Å²) in [7, 11) is 0. The molecule has 1 rings (SSSR count). The third-order valence-electron chi connectivity index (χ3n) is 3.23. The monoisotopic (exact) mass is 397 g/mol. The Bertz CT molecular complexity index is 768. The minimum absolute atomic E-state index is 0.0637. The van der Waals surface area contributed by atoms with Crippen molar-refractivity contribution in [3.05, 3.63) is 38.4 Å². The number of nitrogens with two attached hydrogens (primary N) is 1. The lowest BCUT2D eigenvalue weighted by Gasteiger charge is -2.09. The first-order valence-electron chi connectivity index (χ1n) is 7.91. The number of amides is 3. The van der Waals surface area contributed by atoms with Gasteiger partial charge < -0.3 is 27.0 Å². The van der Waals surface area contributed by atoms with E-state index in [1.807, 2.05) is 0 Å². The fourth-order valence-electron chi connectivity index (χ4n) is 1.89. The van der Waals surface area contributed by atoms with E-state index in [1.165, 1.54) is 6.07 Å². The number of nitro benzene ring substituents is 2. The normalized spacial score (nSPS) is 9.89. The molecule has 14 nitrogen and oxygen atoms in total. The van der Waals surface area contributed by atoms with E-state index in [2.05, 4.69) is 21.3 Å². The number of nitrogens with one attached hydrogen (secondary N) is 4. The molecule has 0 heterocycles. The zero-order valence-corrected chi connectivity index (χ0v) is 14.6. The number of rotatable bonds is 11. The maximum atomic E-state index is 11.6. The molecule has 0 atom stereocenters. The molecule has 0 aromatic heterocycles. The summed E-state index contributed by atoms with van der Waals surface area (Å²) in [4.78, 5) is 54.1. The highest BCUT2D eigenvalue weighted by Crippen LogP contribution is 2.28. The van der Waals surface area contributed by atoms with Gasteiger partial charge >= 0.3 is 0 Å². The van der Waals surface area contributed by atoms with Gasteiger partial charge in [-0.1, -0.05) is 0 Å². The number of hydrogen-bond donors (Lipinski definition) is 5. The average molecular weight is 397 g/mol. The van der Waals surface area contributed by atoms with E-state index < -0.39 is 38.9 Å². The highest BCUT2D eigenvalue weighted by atomic mass is 16.6. The molecular weight excluding hydrogens is 378 g/mol. The smallest absolute Gasteiger partial charge is 0.299 e. The van der Waals surface area contributed by atoms with Gasteiger partial charge in [0, 0.05) is 19.2 Å². The lowest BCUT2D eigenvalue weighted by molar-refractivity contribution is -0.393. The molecule has 1 aromatic carbocycles. The Labute approximate surface area is 158 Å². The largest absolute Gasteiger partial charge is 0.378 e. The Morgan fingerprint density at radius 1 is 0.893 bits per heavy atom. The SMILES string of the molecule is NCC(=O)NCC(=O)NCC(=O)NCCNc1ccc([N+](=O)[O-])cc1[N+](=O)[O-]. The van der Waals surface area contributed by atoms with Gasteiger partial charge in [0.1, 0.15) is 5.69 Å². The summed E-state index contributed by atoms with van der Waals surface area (Å²) in [5.41, 5.74) is 4.24. The first-order valence-corrected chi connectivity index (χ1v) is 7.91. The molecule has 152 valence electrons. The van der Waals surface area contributed by atoms with E-state index in [9.17, 15) is 34.6 Å². The first-order chi connectivity index (χ1) is 13.2. The van der Waals surface area contributed by atoms with Crippen LogP contribution in [0.15, 0.2) is 18.2 Å². The van der Waals surface area contributed by atoms with Gasteiger partial charge in [0.05, 0.1) is 35.5 Å². The van der Waals surface area contributed by atoms with Crippen molar-refractivity contribution < 1.29 is 24.2 Å². The van der Waals surface area contributed by atoms with Gasteiger partial charge in [0.15, 0.2) is 0 Å². The number of anilines is 1. The van der Waals surface area contributed by atoms with Gasteiger partial charge in [0.25, 0.3) is 11.4 Å². The van der Waals surface area contributed by atoms with Crippen LogP contribution in [-0.2, 0) is 14.4 Å². The van der Waals surface area contributed by atoms with E-state index in [0.717, 1.165) is 12.1 Å². The number of carbonyl (C=O) groups is 3. The summed E-state index contributed by atoms with van der Waals surface area (Å²) in [6.07, 6.45) is 0. The Morgan fingerprint density at radius 3 is 2.07 bits per heavy atom. The number of hydrogen-bond acceptors (Lipinski definition) is 9. The Balaban J connectivity index is 2.37. The van der Waals surface area contributed by atoms with E-state index in [0.29, 0.717) is 0 Å². The molecule has 0 saturated heterocycles. The van der Waals surface area contributed by atoms with E-state index in [1.54, 1.807) is 0 Å². The molecule has 0 aliphatic heterocycles. The minimum atomic E-state index is -0.757. The fraction of sp³-hybridized carbons (Fsp3) is 0.357. The standard InChI is InChI=1S/C14H19N7O7/c15-6-12(22)18-8-14(24)19-7-13(23)17-4-3-16-10-2-1-9(20(25)26)5-11(10)21(27)28/h1-2,5,16H,3-4,6-8,15H2,(H,17,23)(H,18,22)(H,19,24). The zero-order valence-electron chi connectivity index (χ0n) is 14.6. The summed E-state index contributed by atoms with van der Waals surface area (Å²) >= 11 is 0. The number of benzene rings is 1. The maximum absolute atomic E-state index is 11.6. The van der Waals surface area contributed by atoms with Crippen molar-refractivity contribution in [1.29, 1.82) is 0 Å². The van der Waals surface area contributed by atoms with Crippen molar-refractivity contribution in [3.8, 4) is 0 Å². The number of nitro groups is 2. The van der Waals surface area contributed by atoms with Gasteiger partial charge in [-0.2, -0.15) is 0 Å². The third-order valence-corrected chi connectivity index (χ3v) is 3.23. The molecule has 0 aliphatic rings. The number of nitrogens with zero attached hydrogens (tertiary/aromatic N) is 2. The molecule has 0 bridgehead atoms. The van der Waals surface area contributed by atoms with E-state index in [-0.39, 0.29) is 38.4 Å². The predicted molar refractivity (Wildman–Crippen MR) is 96.3 cm³/mol. The van der Waals surface area contributed by atoms with Crippen LogP contribution in [0.25, 0.3) is 0 Å². The van der Waals surface area contributed by atoms with Gasteiger partial charge in [-0.05, 0) is 6.07 Å². The van der Waals surface area contributed by atoms with Gasteiger partial charge in [0.2, 0.25) is 17.7 Å². The zero-order chi connectivity index (χ0) is 21.1. The van der Waals surface area contributed by atoms with Crippen LogP contribution < -0.4 is 27.0 Å². The summed E-state index contributed by atoms with van der Waals surface area (Å²) in [6.45, 7) is -0.713. The molecule has 0 unspecified atom stereocenters. The van der Waals surface area contributed by atoms with Crippen LogP contribution in [0, 0.1) is 20.2 Å². The van der Waals surface area contributed by atoms with Crippen LogP contribution in [0.3, 0.4) is 0 Å². The number of carbonyl (C=O) groups excluding carboxylic acids is 3. The van der Waals surface area contributed by atoms with E-state index >= 15 is 0 Å². The van der Waals surface area contributed by atoms with Crippen LogP contribution in [0.5, 0.6) is 0 Å². The Morgan fingerprint density at radius 2 is 1.50 bits per heavy atom. The third kappa shape index (κ3) is 7.61. The summed E-state index contributed by atoms with van der Waals surface area (Å²) in [5, 5.41) is 31.4. The molecular formula is C14H19N7O7. The van der Waals surface area contributed by atoms with Crippen molar-refractivity contribution in [1.82, 2.24) is 16.0 Å². The maximum Gasteiger partial charge on any atom is 0.299 e. The van der Waals surface area contributed by atoms with Crippen molar-refractivity contribution >= 4 is 34.8 Å². The highest BCUT2D eigenvalue weighted by Gasteiger charge is 2.19. The lowest BCUT2D eigenvalue weighted by atomic mass is 10.2. The second-order valence-electron chi connectivity index (χ2n) is 5.25. The molecule has 28 heavy (non-hydrogen) atoms. The summed E-state index contributed by atoms with van der Waals surface area (Å²) < 4.78 is 0. The predicted octanol–water partition coefficient (Wildman–Crippen LogP) is -1.78. The van der Waals surface area contributed by atoms with Crippen LogP contribution in [-0.4, -0.2) is 60.3 Å². The van der Waals surface area contributed by atoms with E-state index in [4.69, 9.17) is 5.73 Å². The van der Waals surface area contributed by atoms with Crippen molar-refractivity contribution in [2.45, 2.75) is 0 Å². The van der Waals surface area contributed by atoms with Crippen LogP contribution >= 0.6 is 0 Å². The second kappa shape index (κ2) is 11.0. The average Bonchev–Trinajstić information content (AvgIpc) is 2.67. The van der Waals surface area contributed by atoms with Crippen LogP contribution in [0.1, 0.15) is 0 Å². The van der Waals surface area contributed by atoms with Crippen LogP contribution in [0.4, 0.5) is 17.1 Å². The Hall–Kier alpha value is -3.81. The van der Waals surface area contributed by atoms with Crippen molar-refractivity contribution in [2.24, 2.45) is 5.73 Å². The minimum Gasteiger partial charge on any atom is -0.378 e. The summed E-state index contributed by atoms with van der Waals surface area (Å²) in [6, 6.07) is 3.15. The molecule has 3 amide bonds. The summed E-state index contributed by atoms with van der Waals surface area (Å²) in [5.74, 6) is -1.60. The second-order valence-corrected chi connectivity index (χ2v) is 5.25. The highest BCUT2D eigenvalue weighted by molar-refractivity contribution is 5.88. The van der Waals surface area contributed by atoms with Gasteiger partial charge in [-0.15, -0.1) is 0 Å². The molecule has 6 N–H and O–H groups in total. The molecule has 0 saturated carbocycles. The molecule has 0 aliphatic carbocycles. The van der Waals surface area contributed by atoms with Crippen molar-refractivity contribution in [2.75, 3.05) is 38.0 Å². The molecule has 0 radical (unpaired) electrons. The quantitative estimate of drug-likeness (QED) is 0.162. The lowest BCUT2D eigenvalue weighted by Crippen LogP contribution is -2.43. The fourth-order valence-corrected chi connectivity index (χ4v) is 1.89. The van der Waals surface area contributed by atoms with Gasteiger partial charge in [-0.3, -0.25) is 34.6 Å². The first kappa shape index (κ1) is 22.2. The van der Waals surface area contributed by atoms with Gasteiger partial charge in [-0.25, -0.2) is 0 Å². The topological polar surface area (TPSA) is 212 Å². The Kier molecular flexibility index (Phi) is 8.75. The molecule has 14 heteroatoms.